The number of likely N-dealkylation sites (N-methyl/N-ethyl adjacent to an activating group) is 1. The Balaban J connectivity index is 1.27. The van der Waals surface area contributed by atoms with E-state index in [-0.39, 0.29) is 18.7 Å². The van der Waals surface area contributed by atoms with Crippen LogP contribution in [0.2, 0.25) is 0 Å². The molecule has 2 aromatic carbocycles. The zero-order chi connectivity index (χ0) is 25.6. The van der Waals surface area contributed by atoms with Crippen molar-refractivity contribution in [2.45, 2.75) is 45.9 Å². The summed E-state index contributed by atoms with van der Waals surface area (Å²) in [6.07, 6.45) is 4.53. The highest BCUT2D eigenvalue weighted by Crippen LogP contribution is 2.30. The molecule has 192 valence electrons. The molecule has 1 aliphatic rings. The highest BCUT2D eigenvalue weighted by molar-refractivity contribution is 5.82. The normalized spacial score (nSPS) is 13.7. The van der Waals surface area contributed by atoms with E-state index in [9.17, 15) is 4.79 Å². The van der Waals surface area contributed by atoms with Crippen LogP contribution >= 0.6 is 0 Å². The lowest BCUT2D eigenvalue weighted by Crippen LogP contribution is -2.40. The van der Waals surface area contributed by atoms with Crippen LogP contribution in [0.15, 0.2) is 61.2 Å². The van der Waals surface area contributed by atoms with Crippen LogP contribution in [0.1, 0.15) is 37.0 Å². The third kappa shape index (κ3) is 5.35. The fourth-order valence-electron chi connectivity index (χ4n) is 4.82. The molecule has 37 heavy (non-hydrogen) atoms. The molecule has 0 radical (unpaired) electrons. The van der Waals surface area contributed by atoms with Crippen molar-refractivity contribution in [2.24, 2.45) is 0 Å². The first kappa shape index (κ1) is 24.5. The second kappa shape index (κ2) is 11.3. The second-order valence-electron chi connectivity index (χ2n) is 9.06. The number of amides is 1. The average molecular weight is 501 g/mol. The maximum atomic E-state index is 12.8. The van der Waals surface area contributed by atoms with Gasteiger partial charge in [0.1, 0.15) is 30.8 Å². The molecule has 1 atom stereocenters. The number of anilines is 1. The SMILES string of the molecule is CC[C@H](COc1cccc2c1CN(C(=O)OCc1ccccc1)CC2)N(CC)c1ncnc2nc[nH]c12. The number of hydrogen-bond donors (Lipinski definition) is 1. The van der Waals surface area contributed by atoms with Crippen LogP contribution in [-0.2, 0) is 24.3 Å². The topological polar surface area (TPSA) is 96.5 Å². The Morgan fingerprint density at radius 2 is 1.97 bits per heavy atom. The van der Waals surface area contributed by atoms with Gasteiger partial charge in [-0.05, 0) is 37.0 Å². The molecule has 0 spiro atoms. The molecule has 2 aromatic heterocycles. The molecule has 9 heteroatoms. The number of fused-ring (bicyclic) bond motifs is 2. The average Bonchev–Trinajstić information content (AvgIpc) is 3.44. The molecule has 5 rings (SSSR count). The number of nitrogens with one attached hydrogen (secondary N) is 1. The molecule has 0 bridgehead atoms. The van der Waals surface area contributed by atoms with Gasteiger partial charge in [-0.15, -0.1) is 0 Å². The summed E-state index contributed by atoms with van der Waals surface area (Å²) in [7, 11) is 0. The highest BCUT2D eigenvalue weighted by Gasteiger charge is 2.26. The molecular weight excluding hydrogens is 468 g/mol. The first-order valence-electron chi connectivity index (χ1n) is 12.8. The van der Waals surface area contributed by atoms with Gasteiger partial charge in [-0.25, -0.2) is 19.7 Å². The number of H-pyrrole nitrogens is 1. The Morgan fingerprint density at radius 3 is 2.78 bits per heavy atom. The van der Waals surface area contributed by atoms with Crippen LogP contribution in [-0.4, -0.2) is 56.7 Å². The van der Waals surface area contributed by atoms with Crippen LogP contribution in [0.25, 0.3) is 11.2 Å². The van der Waals surface area contributed by atoms with E-state index in [1.165, 1.54) is 5.56 Å². The van der Waals surface area contributed by atoms with E-state index in [1.54, 1.807) is 17.6 Å². The van der Waals surface area contributed by atoms with Crippen LogP contribution in [0.3, 0.4) is 0 Å². The molecule has 4 aromatic rings. The van der Waals surface area contributed by atoms with Gasteiger partial charge >= 0.3 is 6.09 Å². The fraction of sp³-hybridized carbons (Fsp3) is 0.357. The van der Waals surface area contributed by atoms with Crippen LogP contribution in [0, 0.1) is 0 Å². The van der Waals surface area contributed by atoms with Gasteiger partial charge in [0.25, 0.3) is 0 Å². The van der Waals surface area contributed by atoms with Gasteiger partial charge in [0.2, 0.25) is 0 Å². The molecule has 1 N–H and O–H groups in total. The molecule has 0 fully saturated rings. The van der Waals surface area contributed by atoms with E-state index in [2.05, 4.69) is 44.7 Å². The van der Waals surface area contributed by atoms with Crippen molar-refractivity contribution < 1.29 is 14.3 Å². The largest absolute Gasteiger partial charge is 0.491 e. The molecule has 0 saturated carbocycles. The standard InChI is InChI=1S/C28H32N6O3/c1-3-22(34(4-2)27-25-26(30-18-29-25)31-19-32-27)17-36-24-12-8-11-21-13-14-33(15-23(21)24)28(35)37-16-20-9-6-5-7-10-20/h5-12,18-19,22H,3-4,13-17H2,1-2H3,(H,29,30,31,32)/t22-/m1/s1. The molecule has 0 aliphatic carbocycles. The van der Waals surface area contributed by atoms with Gasteiger partial charge in [-0.1, -0.05) is 49.4 Å². The highest BCUT2D eigenvalue weighted by atomic mass is 16.6. The van der Waals surface area contributed by atoms with Gasteiger partial charge in [0.15, 0.2) is 11.5 Å². The van der Waals surface area contributed by atoms with Crippen molar-refractivity contribution in [2.75, 3.05) is 24.6 Å². The smallest absolute Gasteiger partial charge is 0.410 e. The van der Waals surface area contributed by atoms with E-state index in [0.717, 1.165) is 47.6 Å². The predicted octanol–water partition coefficient (Wildman–Crippen LogP) is 4.73. The van der Waals surface area contributed by atoms with Gasteiger partial charge in [-0.2, -0.15) is 0 Å². The zero-order valence-electron chi connectivity index (χ0n) is 21.3. The summed E-state index contributed by atoms with van der Waals surface area (Å²) in [5.41, 5.74) is 4.70. The van der Waals surface area contributed by atoms with Crippen molar-refractivity contribution in [1.82, 2.24) is 24.8 Å². The molecule has 1 amide bonds. The molecule has 3 heterocycles. The number of carbonyl (C=O) groups is 1. The molecule has 9 nitrogen and oxygen atoms in total. The molecule has 1 aliphatic heterocycles. The Hall–Kier alpha value is -4.14. The summed E-state index contributed by atoms with van der Waals surface area (Å²) in [5.74, 6) is 1.63. The Morgan fingerprint density at radius 1 is 1.11 bits per heavy atom. The first-order chi connectivity index (χ1) is 18.2. The van der Waals surface area contributed by atoms with E-state index in [4.69, 9.17) is 9.47 Å². The predicted molar refractivity (Wildman–Crippen MR) is 141 cm³/mol. The summed E-state index contributed by atoms with van der Waals surface area (Å²) < 4.78 is 12.0. The number of aromatic amines is 1. The van der Waals surface area contributed by atoms with E-state index >= 15 is 0 Å². The summed E-state index contributed by atoms with van der Waals surface area (Å²) in [6, 6.07) is 15.9. The maximum Gasteiger partial charge on any atom is 0.410 e. The van der Waals surface area contributed by atoms with Crippen LogP contribution in [0.4, 0.5) is 10.6 Å². The molecular formula is C28H32N6O3. The lowest BCUT2D eigenvalue weighted by atomic mass is 9.99. The number of rotatable bonds is 9. The van der Waals surface area contributed by atoms with Gasteiger partial charge in [-0.3, -0.25) is 0 Å². The number of aromatic nitrogens is 4. The van der Waals surface area contributed by atoms with E-state index in [0.29, 0.717) is 25.3 Å². The summed E-state index contributed by atoms with van der Waals surface area (Å²) in [5, 5.41) is 0. The number of imidazole rings is 1. The van der Waals surface area contributed by atoms with Gasteiger partial charge < -0.3 is 24.3 Å². The quantitative estimate of drug-likeness (QED) is 0.355. The number of carbonyl (C=O) groups excluding carboxylic acids is 1. The van der Waals surface area contributed by atoms with Crippen molar-refractivity contribution >= 4 is 23.1 Å². The number of nitrogens with zero attached hydrogens (tertiary/aromatic N) is 5. The number of benzene rings is 2. The lowest BCUT2D eigenvalue weighted by Gasteiger charge is -2.32. The zero-order valence-corrected chi connectivity index (χ0v) is 21.3. The first-order valence-corrected chi connectivity index (χ1v) is 12.8. The minimum atomic E-state index is -0.305. The summed E-state index contributed by atoms with van der Waals surface area (Å²) >= 11 is 0. The van der Waals surface area contributed by atoms with Crippen LogP contribution < -0.4 is 9.64 Å². The number of hydrogen-bond acceptors (Lipinski definition) is 7. The Labute approximate surface area is 216 Å². The fourth-order valence-corrected chi connectivity index (χ4v) is 4.82. The van der Waals surface area contributed by atoms with E-state index in [1.807, 2.05) is 42.5 Å². The lowest BCUT2D eigenvalue weighted by molar-refractivity contribution is 0.0913. The maximum absolute atomic E-state index is 12.8. The summed E-state index contributed by atoms with van der Waals surface area (Å²) in [4.78, 5) is 33.0. The summed E-state index contributed by atoms with van der Waals surface area (Å²) in [6.45, 7) is 6.86. The van der Waals surface area contributed by atoms with Gasteiger partial charge in [0, 0.05) is 18.7 Å². The van der Waals surface area contributed by atoms with Crippen molar-refractivity contribution in [3.8, 4) is 5.75 Å². The monoisotopic (exact) mass is 500 g/mol. The second-order valence-corrected chi connectivity index (χ2v) is 9.06. The van der Waals surface area contributed by atoms with Crippen molar-refractivity contribution in [3.63, 3.8) is 0 Å². The van der Waals surface area contributed by atoms with Crippen molar-refractivity contribution in [3.05, 3.63) is 77.9 Å². The number of ether oxygens (including phenoxy) is 2. The van der Waals surface area contributed by atoms with Crippen molar-refractivity contribution in [1.29, 1.82) is 0 Å². The van der Waals surface area contributed by atoms with Gasteiger partial charge in [0.05, 0.1) is 18.9 Å². The van der Waals surface area contributed by atoms with Crippen LogP contribution in [0.5, 0.6) is 5.75 Å². The molecule has 0 unspecified atom stereocenters. The third-order valence-electron chi connectivity index (χ3n) is 6.85. The third-order valence-corrected chi connectivity index (χ3v) is 6.85. The minimum Gasteiger partial charge on any atom is -0.491 e. The van der Waals surface area contributed by atoms with E-state index < -0.39 is 0 Å². The molecule has 0 saturated heterocycles. The Bertz CT molecular complexity index is 1340. The minimum absolute atomic E-state index is 0.0952. The Kier molecular flexibility index (Phi) is 7.49.